The molecule has 1 atom stereocenters. The van der Waals surface area contributed by atoms with Crippen molar-refractivity contribution in [2.45, 2.75) is 32.7 Å². The van der Waals surface area contributed by atoms with Gasteiger partial charge >= 0.3 is 0 Å². The third-order valence-corrected chi connectivity index (χ3v) is 3.19. The maximum atomic E-state index is 5.89. The fourth-order valence-corrected chi connectivity index (χ4v) is 2.20. The number of para-hydroxylation sites is 1. The molecule has 0 bridgehead atoms. The highest BCUT2D eigenvalue weighted by molar-refractivity contribution is 5.39. The molecule has 0 radical (unpaired) electrons. The van der Waals surface area contributed by atoms with Crippen LogP contribution in [0.15, 0.2) is 42.9 Å². The zero-order valence-corrected chi connectivity index (χ0v) is 12.7. The second-order valence-corrected chi connectivity index (χ2v) is 4.91. The van der Waals surface area contributed by atoms with Crippen molar-refractivity contribution in [3.05, 3.63) is 54.1 Å². The molecule has 0 saturated heterocycles. The third-order valence-electron chi connectivity index (χ3n) is 3.19. The Kier molecular flexibility index (Phi) is 6.16. The van der Waals surface area contributed by atoms with Crippen LogP contribution in [0.2, 0.25) is 0 Å². The molecule has 1 aromatic heterocycles. The van der Waals surface area contributed by atoms with Gasteiger partial charge in [-0.05, 0) is 31.5 Å². The number of hydrogen-bond acceptors (Lipinski definition) is 4. The Hall–Kier alpha value is -1.94. The van der Waals surface area contributed by atoms with Gasteiger partial charge in [0, 0.05) is 11.8 Å². The first-order valence-corrected chi connectivity index (χ1v) is 7.57. The monoisotopic (exact) mass is 285 g/mol. The number of hydrogen-bond donors (Lipinski definition) is 1. The third kappa shape index (κ3) is 4.26. The van der Waals surface area contributed by atoms with Crippen molar-refractivity contribution in [1.29, 1.82) is 0 Å². The smallest absolute Gasteiger partial charge is 0.124 e. The second-order valence-electron chi connectivity index (χ2n) is 4.91. The lowest BCUT2D eigenvalue weighted by Gasteiger charge is -2.21. The Morgan fingerprint density at radius 2 is 2.00 bits per heavy atom. The lowest BCUT2D eigenvalue weighted by atomic mass is 10.0. The highest BCUT2D eigenvalue weighted by atomic mass is 16.5. The number of benzene rings is 1. The van der Waals surface area contributed by atoms with E-state index in [1.54, 1.807) is 12.5 Å². The summed E-state index contributed by atoms with van der Waals surface area (Å²) in [5, 5.41) is 3.55. The SMILES string of the molecule is CCCNC(c1ccncn1)c1ccccc1OCCC. The molecule has 2 rings (SSSR count). The van der Waals surface area contributed by atoms with Crippen LogP contribution < -0.4 is 10.1 Å². The van der Waals surface area contributed by atoms with Gasteiger partial charge in [-0.25, -0.2) is 9.97 Å². The number of nitrogens with zero attached hydrogens (tertiary/aromatic N) is 2. The molecule has 0 amide bonds. The highest BCUT2D eigenvalue weighted by Gasteiger charge is 2.18. The van der Waals surface area contributed by atoms with Crippen LogP contribution in [0.3, 0.4) is 0 Å². The van der Waals surface area contributed by atoms with Gasteiger partial charge in [-0.1, -0.05) is 32.0 Å². The highest BCUT2D eigenvalue weighted by Crippen LogP contribution is 2.29. The van der Waals surface area contributed by atoms with Crippen LogP contribution in [-0.4, -0.2) is 23.1 Å². The molecule has 0 aliphatic rings. The van der Waals surface area contributed by atoms with E-state index in [1.807, 2.05) is 24.3 Å². The summed E-state index contributed by atoms with van der Waals surface area (Å²) in [6.07, 6.45) is 5.43. The van der Waals surface area contributed by atoms with E-state index in [2.05, 4.69) is 35.2 Å². The maximum Gasteiger partial charge on any atom is 0.124 e. The van der Waals surface area contributed by atoms with E-state index in [-0.39, 0.29) is 6.04 Å². The van der Waals surface area contributed by atoms with Crippen molar-refractivity contribution in [2.75, 3.05) is 13.2 Å². The minimum absolute atomic E-state index is 0.0287. The van der Waals surface area contributed by atoms with E-state index in [1.165, 1.54) is 0 Å². The first-order valence-electron chi connectivity index (χ1n) is 7.57. The van der Waals surface area contributed by atoms with Crippen molar-refractivity contribution in [2.24, 2.45) is 0 Å². The Morgan fingerprint density at radius 3 is 2.71 bits per heavy atom. The zero-order chi connectivity index (χ0) is 14.9. The average molecular weight is 285 g/mol. The van der Waals surface area contributed by atoms with Gasteiger partial charge in [0.25, 0.3) is 0 Å². The Labute approximate surface area is 126 Å². The lowest BCUT2D eigenvalue weighted by molar-refractivity contribution is 0.311. The molecular weight excluding hydrogens is 262 g/mol. The normalized spacial score (nSPS) is 12.1. The van der Waals surface area contributed by atoms with Gasteiger partial charge in [-0.3, -0.25) is 0 Å². The number of ether oxygens (including phenoxy) is 1. The minimum Gasteiger partial charge on any atom is -0.493 e. The predicted octanol–water partition coefficient (Wildman–Crippen LogP) is 3.35. The molecule has 1 unspecified atom stereocenters. The molecule has 1 N–H and O–H groups in total. The van der Waals surface area contributed by atoms with E-state index in [4.69, 9.17) is 4.74 Å². The first-order chi connectivity index (χ1) is 10.4. The van der Waals surface area contributed by atoms with Gasteiger partial charge in [-0.2, -0.15) is 0 Å². The van der Waals surface area contributed by atoms with Gasteiger partial charge < -0.3 is 10.1 Å². The summed E-state index contributed by atoms with van der Waals surface area (Å²) < 4.78 is 5.89. The van der Waals surface area contributed by atoms with Crippen molar-refractivity contribution >= 4 is 0 Å². The Bertz CT molecular complexity index is 531. The zero-order valence-electron chi connectivity index (χ0n) is 12.7. The molecule has 0 saturated carbocycles. The van der Waals surface area contributed by atoms with E-state index in [9.17, 15) is 0 Å². The van der Waals surface area contributed by atoms with Crippen LogP contribution in [0.1, 0.15) is 44.0 Å². The quantitative estimate of drug-likeness (QED) is 0.808. The fourth-order valence-electron chi connectivity index (χ4n) is 2.20. The van der Waals surface area contributed by atoms with Gasteiger partial charge in [0.1, 0.15) is 12.1 Å². The Balaban J connectivity index is 2.32. The average Bonchev–Trinajstić information content (AvgIpc) is 2.55. The molecule has 112 valence electrons. The van der Waals surface area contributed by atoms with Crippen LogP contribution in [0.5, 0.6) is 5.75 Å². The molecular formula is C17H23N3O. The summed E-state index contributed by atoms with van der Waals surface area (Å²) in [4.78, 5) is 8.40. The molecule has 2 aromatic rings. The summed E-state index contributed by atoms with van der Waals surface area (Å²) in [5.41, 5.74) is 2.09. The summed E-state index contributed by atoms with van der Waals surface area (Å²) in [5.74, 6) is 0.923. The fraction of sp³-hybridized carbons (Fsp3) is 0.412. The summed E-state index contributed by atoms with van der Waals surface area (Å²) in [7, 11) is 0. The van der Waals surface area contributed by atoms with E-state index >= 15 is 0 Å². The van der Waals surface area contributed by atoms with Crippen LogP contribution >= 0.6 is 0 Å². The van der Waals surface area contributed by atoms with Crippen molar-refractivity contribution in [3.63, 3.8) is 0 Å². The first kappa shape index (κ1) is 15.4. The predicted molar refractivity (Wildman–Crippen MR) is 84.4 cm³/mol. The number of nitrogens with one attached hydrogen (secondary N) is 1. The summed E-state index contributed by atoms with van der Waals surface area (Å²) in [6.45, 7) is 5.92. The summed E-state index contributed by atoms with van der Waals surface area (Å²) in [6, 6.07) is 10.1. The van der Waals surface area contributed by atoms with Crippen molar-refractivity contribution < 1.29 is 4.74 Å². The molecule has 1 heterocycles. The maximum absolute atomic E-state index is 5.89. The largest absolute Gasteiger partial charge is 0.493 e. The van der Waals surface area contributed by atoms with Crippen LogP contribution in [0.4, 0.5) is 0 Å². The minimum atomic E-state index is 0.0287. The molecule has 0 aliphatic carbocycles. The van der Waals surface area contributed by atoms with Gasteiger partial charge in [0.2, 0.25) is 0 Å². The van der Waals surface area contributed by atoms with Gasteiger partial charge in [0.15, 0.2) is 0 Å². The van der Waals surface area contributed by atoms with Gasteiger partial charge in [-0.15, -0.1) is 0 Å². The number of rotatable bonds is 8. The molecule has 4 nitrogen and oxygen atoms in total. The molecule has 0 spiro atoms. The standard InChI is InChI=1S/C17H23N3O/c1-3-10-19-17(15-9-11-18-13-20-15)14-7-5-6-8-16(14)21-12-4-2/h5-9,11,13,17,19H,3-4,10,12H2,1-2H3. The van der Waals surface area contributed by atoms with Crippen molar-refractivity contribution in [1.82, 2.24) is 15.3 Å². The molecule has 4 heteroatoms. The topological polar surface area (TPSA) is 47.0 Å². The molecule has 21 heavy (non-hydrogen) atoms. The summed E-state index contributed by atoms with van der Waals surface area (Å²) >= 11 is 0. The van der Waals surface area contributed by atoms with Crippen LogP contribution in [0, 0.1) is 0 Å². The van der Waals surface area contributed by atoms with E-state index < -0.39 is 0 Å². The molecule has 1 aromatic carbocycles. The van der Waals surface area contributed by atoms with E-state index in [0.717, 1.165) is 43.0 Å². The van der Waals surface area contributed by atoms with Crippen LogP contribution in [-0.2, 0) is 0 Å². The molecule has 0 aliphatic heterocycles. The van der Waals surface area contributed by atoms with E-state index in [0.29, 0.717) is 0 Å². The van der Waals surface area contributed by atoms with Crippen LogP contribution in [0.25, 0.3) is 0 Å². The van der Waals surface area contributed by atoms with Gasteiger partial charge in [0.05, 0.1) is 18.3 Å². The molecule has 0 fully saturated rings. The number of aromatic nitrogens is 2. The lowest BCUT2D eigenvalue weighted by Crippen LogP contribution is -2.24. The Morgan fingerprint density at radius 1 is 1.14 bits per heavy atom. The van der Waals surface area contributed by atoms with Crippen molar-refractivity contribution in [3.8, 4) is 5.75 Å². The second kappa shape index (κ2) is 8.37.